The number of aromatic nitrogens is 2. The molecule has 0 fully saturated rings. The van der Waals surface area contributed by atoms with Gasteiger partial charge in [-0.15, -0.1) is 0 Å². The molecule has 5 nitrogen and oxygen atoms in total. The first-order valence-electron chi connectivity index (χ1n) is 6.81. The van der Waals surface area contributed by atoms with Crippen molar-refractivity contribution in [3.8, 4) is 5.88 Å². The average molecular weight is 346 g/mol. The normalized spacial score (nSPS) is 11.6. The van der Waals surface area contributed by atoms with Gasteiger partial charge in [-0.05, 0) is 24.6 Å². The molecule has 7 heteroatoms. The zero-order valence-corrected chi connectivity index (χ0v) is 14.2. The van der Waals surface area contributed by atoms with E-state index in [1.165, 1.54) is 23.9 Å². The lowest BCUT2D eigenvalue weighted by atomic mass is 10.1. The van der Waals surface area contributed by atoms with Gasteiger partial charge in [0.15, 0.2) is 5.16 Å². The van der Waals surface area contributed by atoms with Crippen LogP contribution in [0.25, 0.3) is 10.8 Å². The Morgan fingerprint density at radius 3 is 2.57 bits per heavy atom. The van der Waals surface area contributed by atoms with Crippen molar-refractivity contribution in [1.29, 1.82) is 0 Å². The second-order valence-corrected chi connectivity index (χ2v) is 7.14. The van der Waals surface area contributed by atoms with Crippen LogP contribution in [0.15, 0.2) is 58.6 Å². The van der Waals surface area contributed by atoms with Gasteiger partial charge in [-0.1, -0.05) is 48.2 Å². The van der Waals surface area contributed by atoms with Crippen molar-refractivity contribution in [3.63, 3.8) is 0 Å². The van der Waals surface area contributed by atoms with Crippen molar-refractivity contribution >= 4 is 32.7 Å². The molecule has 0 bridgehead atoms. The molecule has 0 unspecified atom stereocenters. The summed E-state index contributed by atoms with van der Waals surface area (Å²) in [4.78, 5) is 8.40. The van der Waals surface area contributed by atoms with Gasteiger partial charge >= 0.3 is 10.1 Å². The first-order chi connectivity index (χ1) is 11.0. The lowest BCUT2D eigenvalue weighted by Crippen LogP contribution is -2.12. The molecule has 0 radical (unpaired) electrons. The predicted octanol–water partition coefficient (Wildman–Crippen LogP) is 3.43. The highest BCUT2D eigenvalue weighted by molar-refractivity contribution is 7.98. The molecular formula is C16H14N2O3S2. The van der Waals surface area contributed by atoms with Gasteiger partial charge < -0.3 is 4.18 Å². The summed E-state index contributed by atoms with van der Waals surface area (Å²) in [5, 5.41) is 1.92. The zero-order chi connectivity index (χ0) is 16.4. The maximum Gasteiger partial charge on any atom is 0.341 e. The van der Waals surface area contributed by atoms with Crippen LogP contribution in [-0.2, 0) is 10.1 Å². The van der Waals surface area contributed by atoms with Crippen LogP contribution in [0.5, 0.6) is 5.88 Å². The molecule has 0 N–H and O–H groups in total. The molecule has 0 aliphatic heterocycles. The number of hydrogen-bond acceptors (Lipinski definition) is 6. The Labute approximate surface area is 138 Å². The Morgan fingerprint density at radius 2 is 1.78 bits per heavy atom. The summed E-state index contributed by atoms with van der Waals surface area (Å²) < 4.78 is 30.5. The molecule has 118 valence electrons. The molecule has 0 amide bonds. The quantitative estimate of drug-likeness (QED) is 0.409. The van der Waals surface area contributed by atoms with Crippen molar-refractivity contribution in [1.82, 2.24) is 9.97 Å². The number of rotatable bonds is 4. The van der Waals surface area contributed by atoms with E-state index >= 15 is 0 Å². The number of thioether (sulfide) groups is 1. The summed E-state index contributed by atoms with van der Waals surface area (Å²) in [6.45, 7) is 1.76. The van der Waals surface area contributed by atoms with E-state index in [4.69, 9.17) is 4.18 Å². The Morgan fingerprint density at radius 1 is 1.04 bits per heavy atom. The van der Waals surface area contributed by atoms with Gasteiger partial charge in [0.1, 0.15) is 4.90 Å². The van der Waals surface area contributed by atoms with Gasteiger partial charge in [0.05, 0.1) is 0 Å². The SMILES string of the molecule is CSc1nc(C)cc(OS(=O)(=O)c2cccc3ccccc23)n1. The maximum absolute atomic E-state index is 12.6. The van der Waals surface area contributed by atoms with Crippen molar-refractivity contribution in [2.24, 2.45) is 0 Å². The summed E-state index contributed by atoms with van der Waals surface area (Å²) in [5.74, 6) is 0.0229. The van der Waals surface area contributed by atoms with E-state index < -0.39 is 10.1 Å². The van der Waals surface area contributed by atoms with Crippen LogP contribution in [0, 0.1) is 6.92 Å². The Kier molecular flexibility index (Phi) is 4.23. The molecule has 0 aliphatic carbocycles. The zero-order valence-electron chi connectivity index (χ0n) is 12.6. The molecule has 1 heterocycles. The summed E-state index contributed by atoms with van der Waals surface area (Å²) in [5.41, 5.74) is 0.646. The van der Waals surface area contributed by atoms with Crippen LogP contribution in [0.3, 0.4) is 0 Å². The highest BCUT2D eigenvalue weighted by Gasteiger charge is 2.20. The van der Waals surface area contributed by atoms with Gasteiger partial charge in [-0.25, -0.2) is 4.98 Å². The largest absolute Gasteiger partial charge is 0.358 e. The number of fused-ring (bicyclic) bond motifs is 1. The first-order valence-corrected chi connectivity index (χ1v) is 9.45. The minimum absolute atomic E-state index is 0.0229. The van der Waals surface area contributed by atoms with Crippen LogP contribution < -0.4 is 4.18 Å². The number of aryl methyl sites for hydroxylation is 1. The van der Waals surface area contributed by atoms with Gasteiger partial charge in [0.25, 0.3) is 0 Å². The Balaban J connectivity index is 2.06. The van der Waals surface area contributed by atoms with Crippen LogP contribution in [-0.4, -0.2) is 24.6 Å². The highest BCUT2D eigenvalue weighted by atomic mass is 32.2. The fourth-order valence-corrected chi connectivity index (χ4v) is 3.74. The third-order valence-corrected chi connectivity index (χ3v) is 5.04. The summed E-state index contributed by atoms with van der Waals surface area (Å²) in [6.07, 6.45) is 1.82. The van der Waals surface area contributed by atoms with Crippen molar-refractivity contribution in [3.05, 3.63) is 54.2 Å². The fourth-order valence-electron chi connectivity index (χ4n) is 2.22. The minimum Gasteiger partial charge on any atom is -0.358 e. The van der Waals surface area contributed by atoms with Crippen LogP contribution in [0.1, 0.15) is 5.69 Å². The molecule has 0 atom stereocenters. The van der Waals surface area contributed by atoms with Crippen LogP contribution in [0.4, 0.5) is 0 Å². The number of hydrogen-bond donors (Lipinski definition) is 0. The van der Waals surface area contributed by atoms with E-state index in [1.54, 1.807) is 25.1 Å². The second kappa shape index (κ2) is 6.17. The molecule has 2 aromatic carbocycles. The van der Waals surface area contributed by atoms with Gasteiger partial charge in [0, 0.05) is 17.1 Å². The van der Waals surface area contributed by atoms with Crippen molar-refractivity contribution < 1.29 is 12.6 Å². The van der Waals surface area contributed by atoms with Crippen molar-refractivity contribution in [2.45, 2.75) is 17.0 Å². The molecule has 0 aliphatic rings. The molecule has 1 aromatic heterocycles. The number of benzene rings is 2. The van der Waals surface area contributed by atoms with E-state index in [-0.39, 0.29) is 10.8 Å². The molecule has 23 heavy (non-hydrogen) atoms. The topological polar surface area (TPSA) is 69.2 Å². The Bertz CT molecular complexity index is 967. The fraction of sp³-hybridized carbons (Fsp3) is 0.125. The maximum atomic E-state index is 12.6. The van der Waals surface area contributed by atoms with Crippen LogP contribution >= 0.6 is 11.8 Å². The van der Waals surface area contributed by atoms with Gasteiger partial charge in [0.2, 0.25) is 5.88 Å². The second-order valence-electron chi connectivity index (χ2n) is 4.85. The van der Waals surface area contributed by atoms with Crippen LogP contribution in [0.2, 0.25) is 0 Å². The standard InChI is InChI=1S/C16H14N2O3S2/c1-11-10-15(18-16(17-11)22-2)21-23(19,20)14-9-5-7-12-6-3-4-8-13(12)14/h3-10H,1-2H3. The first kappa shape index (κ1) is 15.8. The Hall–Kier alpha value is -2.12. The smallest absolute Gasteiger partial charge is 0.341 e. The van der Waals surface area contributed by atoms with E-state index in [1.807, 2.05) is 24.5 Å². The van der Waals surface area contributed by atoms with Gasteiger partial charge in [-0.3, -0.25) is 0 Å². The summed E-state index contributed by atoms with van der Waals surface area (Å²) in [7, 11) is -3.98. The van der Waals surface area contributed by atoms with E-state index in [2.05, 4.69) is 9.97 Å². The highest BCUT2D eigenvalue weighted by Crippen LogP contribution is 2.26. The monoisotopic (exact) mass is 346 g/mol. The summed E-state index contributed by atoms with van der Waals surface area (Å²) in [6, 6.07) is 13.8. The molecule has 0 saturated heterocycles. The molecule has 0 spiro atoms. The van der Waals surface area contributed by atoms with E-state index in [9.17, 15) is 8.42 Å². The van der Waals surface area contributed by atoms with E-state index in [0.29, 0.717) is 16.2 Å². The average Bonchev–Trinajstić information content (AvgIpc) is 2.53. The lowest BCUT2D eigenvalue weighted by Gasteiger charge is -2.09. The molecule has 3 rings (SSSR count). The minimum atomic E-state index is -3.98. The third-order valence-electron chi connectivity index (χ3n) is 3.21. The van der Waals surface area contributed by atoms with Crippen molar-refractivity contribution in [2.75, 3.05) is 6.26 Å². The summed E-state index contributed by atoms with van der Waals surface area (Å²) >= 11 is 1.32. The number of nitrogens with zero attached hydrogens (tertiary/aromatic N) is 2. The third kappa shape index (κ3) is 3.30. The predicted molar refractivity (Wildman–Crippen MR) is 90.3 cm³/mol. The molecular weight excluding hydrogens is 332 g/mol. The molecule has 3 aromatic rings. The lowest BCUT2D eigenvalue weighted by molar-refractivity contribution is 0.472. The van der Waals surface area contributed by atoms with E-state index in [0.717, 1.165) is 5.39 Å². The van der Waals surface area contributed by atoms with Gasteiger partial charge in [-0.2, -0.15) is 13.4 Å². The molecule has 0 saturated carbocycles.